The third-order valence-corrected chi connectivity index (χ3v) is 6.35. The van der Waals surface area contributed by atoms with Crippen molar-refractivity contribution < 1.29 is 22.8 Å². The van der Waals surface area contributed by atoms with Crippen LogP contribution in [0.4, 0.5) is 13.2 Å². The van der Waals surface area contributed by atoms with Crippen molar-refractivity contribution in [2.24, 2.45) is 0 Å². The first kappa shape index (κ1) is 23.6. The number of H-pyrrole nitrogens is 1. The molecule has 0 bridgehead atoms. The van der Waals surface area contributed by atoms with Crippen LogP contribution in [0.2, 0.25) is 0 Å². The minimum Gasteiger partial charge on any atom is -0.361 e. The Morgan fingerprint density at radius 3 is 2.50 bits per heavy atom. The molecule has 0 saturated heterocycles. The Kier molecular flexibility index (Phi) is 7.02. The van der Waals surface area contributed by atoms with E-state index >= 15 is 0 Å². The van der Waals surface area contributed by atoms with Crippen LogP contribution in [-0.2, 0) is 23.8 Å². The highest BCUT2D eigenvalue weighted by Crippen LogP contribution is 2.31. The summed E-state index contributed by atoms with van der Waals surface area (Å²) in [5, 5.41) is 8.17. The molecule has 0 aliphatic heterocycles. The molecular weight excluding hydrogens is 463 g/mol. The number of halogens is 3. The summed E-state index contributed by atoms with van der Waals surface area (Å²) in [6.07, 6.45) is -2.43. The van der Waals surface area contributed by atoms with E-state index in [2.05, 4.69) is 15.6 Å². The number of rotatable bonds is 8. The van der Waals surface area contributed by atoms with Crippen molar-refractivity contribution in [3.8, 4) is 0 Å². The summed E-state index contributed by atoms with van der Waals surface area (Å²) >= 11 is 1.26. The third kappa shape index (κ3) is 5.48. The third-order valence-electron chi connectivity index (χ3n) is 5.48. The Morgan fingerprint density at radius 2 is 1.74 bits per heavy atom. The van der Waals surface area contributed by atoms with E-state index in [1.54, 1.807) is 23.7 Å². The average Bonchev–Trinajstić information content (AvgIpc) is 3.49. The number of thiophene rings is 1. The summed E-state index contributed by atoms with van der Waals surface area (Å²) in [5.41, 5.74) is 1.14. The first-order valence-electron chi connectivity index (χ1n) is 10.6. The van der Waals surface area contributed by atoms with Gasteiger partial charge in [0.05, 0.1) is 10.4 Å². The van der Waals surface area contributed by atoms with Crippen molar-refractivity contribution in [1.82, 2.24) is 15.6 Å². The number of fused-ring (bicyclic) bond motifs is 1. The minimum atomic E-state index is -4.47. The lowest BCUT2D eigenvalue weighted by atomic mass is 10.0. The van der Waals surface area contributed by atoms with E-state index in [9.17, 15) is 22.8 Å². The Bertz CT molecular complexity index is 1280. The predicted octanol–water partition coefficient (Wildman–Crippen LogP) is 4.95. The van der Waals surface area contributed by atoms with Gasteiger partial charge in [-0.2, -0.15) is 13.2 Å². The van der Waals surface area contributed by atoms with Crippen LogP contribution in [0.15, 0.2) is 72.2 Å². The van der Waals surface area contributed by atoms with Gasteiger partial charge < -0.3 is 15.6 Å². The van der Waals surface area contributed by atoms with E-state index in [0.717, 1.165) is 22.5 Å². The molecule has 2 heterocycles. The van der Waals surface area contributed by atoms with Gasteiger partial charge in [0.25, 0.3) is 5.91 Å². The standard InChI is InChI=1S/C25H22F3N3O2S/c26-25(27,28)19-8-3-1-6-16(19)11-12-29-23(32)21(31-24(33)22-10-5-13-34-22)14-17-15-30-20-9-4-2-7-18(17)20/h1-10,13,15,21,30H,11-12,14H2,(H,29,32)(H,31,33). The number of hydrogen-bond donors (Lipinski definition) is 3. The molecule has 0 radical (unpaired) electrons. The van der Waals surface area contributed by atoms with Crippen LogP contribution in [0.1, 0.15) is 26.4 Å². The number of carbonyl (C=O) groups excluding carboxylic acids is 2. The van der Waals surface area contributed by atoms with E-state index in [1.165, 1.54) is 29.5 Å². The second-order valence-electron chi connectivity index (χ2n) is 7.76. The van der Waals surface area contributed by atoms with Gasteiger partial charge in [-0.1, -0.05) is 42.5 Å². The van der Waals surface area contributed by atoms with Gasteiger partial charge in [-0.05, 0) is 41.1 Å². The normalized spacial score (nSPS) is 12.4. The van der Waals surface area contributed by atoms with E-state index < -0.39 is 23.7 Å². The number of benzene rings is 2. The monoisotopic (exact) mass is 485 g/mol. The molecule has 1 unspecified atom stereocenters. The maximum Gasteiger partial charge on any atom is 0.416 e. The number of hydrogen-bond acceptors (Lipinski definition) is 3. The Balaban J connectivity index is 1.48. The first-order valence-corrected chi connectivity index (χ1v) is 11.5. The fourth-order valence-corrected chi connectivity index (χ4v) is 4.45. The van der Waals surface area contributed by atoms with Gasteiger partial charge >= 0.3 is 6.18 Å². The smallest absolute Gasteiger partial charge is 0.361 e. The molecule has 3 N–H and O–H groups in total. The van der Waals surface area contributed by atoms with Crippen molar-refractivity contribution in [1.29, 1.82) is 0 Å². The molecule has 4 rings (SSSR count). The van der Waals surface area contributed by atoms with Crippen LogP contribution >= 0.6 is 11.3 Å². The fraction of sp³-hybridized carbons (Fsp3) is 0.200. The lowest BCUT2D eigenvalue weighted by molar-refractivity contribution is -0.138. The van der Waals surface area contributed by atoms with Crippen molar-refractivity contribution >= 4 is 34.1 Å². The second-order valence-corrected chi connectivity index (χ2v) is 8.71. The molecule has 176 valence electrons. The summed E-state index contributed by atoms with van der Waals surface area (Å²) < 4.78 is 39.7. The van der Waals surface area contributed by atoms with Crippen molar-refractivity contribution in [3.05, 3.63) is 93.8 Å². The minimum absolute atomic E-state index is 0.00514. The van der Waals surface area contributed by atoms with Gasteiger partial charge in [-0.25, -0.2) is 0 Å². The topological polar surface area (TPSA) is 74.0 Å². The number of aromatic nitrogens is 1. The molecule has 34 heavy (non-hydrogen) atoms. The van der Waals surface area contributed by atoms with Crippen LogP contribution < -0.4 is 10.6 Å². The first-order chi connectivity index (χ1) is 16.3. The number of aromatic amines is 1. The molecule has 9 heteroatoms. The molecule has 0 spiro atoms. The highest BCUT2D eigenvalue weighted by Gasteiger charge is 2.32. The summed E-state index contributed by atoms with van der Waals surface area (Å²) in [4.78, 5) is 29.3. The van der Waals surface area contributed by atoms with Gasteiger partial charge in [0, 0.05) is 30.1 Å². The zero-order chi connectivity index (χ0) is 24.1. The summed E-state index contributed by atoms with van der Waals surface area (Å²) in [7, 11) is 0. The van der Waals surface area contributed by atoms with Gasteiger partial charge in [-0.15, -0.1) is 11.3 Å². The zero-order valence-corrected chi connectivity index (χ0v) is 18.8. The molecule has 0 aliphatic carbocycles. The fourth-order valence-electron chi connectivity index (χ4n) is 3.83. The summed E-state index contributed by atoms with van der Waals surface area (Å²) in [6, 6.07) is 15.4. The van der Waals surface area contributed by atoms with Crippen molar-refractivity contribution in [3.63, 3.8) is 0 Å². The number of carbonyl (C=O) groups is 2. The second kappa shape index (κ2) is 10.1. The predicted molar refractivity (Wildman–Crippen MR) is 126 cm³/mol. The number of para-hydroxylation sites is 1. The largest absolute Gasteiger partial charge is 0.416 e. The van der Waals surface area contributed by atoms with Crippen molar-refractivity contribution in [2.75, 3.05) is 6.54 Å². The molecule has 2 amide bonds. The van der Waals surface area contributed by atoms with Crippen molar-refractivity contribution in [2.45, 2.75) is 25.1 Å². The molecule has 2 aromatic carbocycles. The summed E-state index contributed by atoms with van der Waals surface area (Å²) in [5.74, 6) is -0.836. The Morgan fingerprint density at radius 1 is 0.971 bits per heavy atom. The molecular formula is C25H22F3N3O2S. The molecule has 0 saturated carbocycles. The number of amides is 2. The van der Waals surface area contributed by atoms with E-state index in [4.69, 9.17) is 0 Å². The molecule has 4 aromatic rings. The maximum atomic E-state index is 13.2. The lowest BCUT2D eigenvalue weighted by Gasteiger charge is -2.19. The van der Waals surface area contributed by atoms with Crippen LogP contribution in [0.3, 0.4) is 0 Å². The lowest BCUT2D eigenvalue weighted by Crippen LogP contribution is -2.48. The molecule has 0 aliphatic rings. The maximum absolute atomic E-state index is 13.2. The van der Waals surface area contributed by atoms with Crippen LogP contribution in [-0.4, -0.2) is 29.4 Å². The van der Waals surface area contributed by atoms with Gasteiger partial charge in [0.2, 0.25) is 5.91 Å². The van der Waals surface area contributed by atoms with Crippen LogP contribution in [0, 0.1) is 0 Å². The number of alkyl halides is 3. The van der Waals surface area contributed by atoms with E-state index in [1.807, 2.05) is 24.3 Å². The SMILES string of the molecule is O=C(NC(Cc1c[nH]c2ccccc12)C(=O)NCCc1ccccc1C(F)(F)F)c1cccs1. The average molecular weight is 486 g/mol. The molecule has 5 nitrogen and oxygen atoms in total. The van der Waals surface area contributed by atoms with E-state index in [-0.39, 0.29) is 30.9 Å². The van der Waals surface area contributed by atoms with Gasteiger partial charge in [0.15, 0.2) is 0 Å². The molecule has 1 atom stereocenters. The van der Waals surface area contributed by atoms with Crippen LogP contribution in [0.5, 0.6) is 0 Å². The Hall–Kier alpha value is -3.59. The van der Waals surface area contributed by atoms with E-state index in [0.29, 0.717) is 4.88 Å². The number of nitrogens with one attached hydrogen (secondary N) is 3. The highest BCUT2D eigenvalue weighted by molar-refractivity contribution is 7.12. The molecule has 0 fully saturated rings. The van der Waals surface area contributed by atoms with Gasteiger partial charge in [-0.3, -0.25) is 9.59 Å². The Labute approximate surface area is 198 Å². The zero-order valence-electron chi connectivity index (χ0n) is 18.0. The van der Waals surface area contributed by atoms with Crippen LogP contribution in [0.25, 0.3) is 10.9 Å². The molecule has 2 aromatic heterocycles. The summed E-state index contributed by atoms with van der Waals surface area (Å²) in [6.45, 7) is 0.00514. The van der Waals surface area contributed by atoms with Gasteiger partial charge in [0.1, 0.15) is 6.04 Å². The highest BCUT2D eigenvalue weighted by atomic mass is 32.1. The quantitative estimate of drug-likeness (QED) is 0.331.